The van der Waals surface area contributed by atoms with Gasteiger partial charge in [-0.25, -0.2) is 4.79 Å². The summed E-state index contributed by atoms with van der Waals surface area (Å²) in [5.41, 5.74) is 12.5. The van der Waals surface area contributed by atoms with E-state index in [-0.39, 0.29) is 23.0 Å². The summed E-state index contributed by atoms with van der Waals surface area (Å²) in [6.07, 6.45) is 0. The van der Waals surface area contributed by atoms with Crippen molar-refractivity contribution in [1.29, 1.82) is 5.26 Å². The van der Waals surface area contributed by atoms with Gasteiger partial charge in [-0.15, -0.1) is 0 Å². The van der Waals surface area contributed by atoms with Crippen LogP contribution in [0.15, 0.2) is 94.7 Å². The topological polar surface area (TPSA) is 108 Å². The highest BCUT2D eigenvalue weighted by molar-refractivity contribution is 6.30. The van der Waals surface area contributed by atoms with Crippen molar-refractivity contribution >= 4 is 28.5 Å². The number of rotatable bonds is 6. The van der Waals surface area contributed by atoms with Gasteiger partial charge >= 0.3 is 5.97 Å². The minimum Gasteiger partial charge on any atom is -0.489 e. The number of esters is 1. The van der Waals surface area contributed by atoms with Crippen molar-refractivity contribution in [1.82, 2.24) is 0 Å². The van der Waals surface area contributed by atoms with Crippen LogP contribution in [0, 0.1) is 32.1 Å². The van der Waals surface area contributed by atoms with Crippen LogP contribution in [0.2, 0.25) is 5.02 Å². The largest absolute Gasteiger partial charge is 0.489 e. The number of carbonyl (C=O) groups excluding carboxylic acids is 1. The minimum absolute atomic E-state index is 0.00878. The molecular weight excluding hydrogens is 564 g/mol. The van der Waals surface area contributed by atoms with Gasteiger partial charge in [0.05, 0.1) is 5.92 Å². The van der Waals surface area contributed by atoms with Crippen molar-refractivity contribution in [3.05, 3.63) is 134 Å². The van der Waals surface area contributed by atoms with Crippen LogP contribution in [-0.2, 0) is 6.61 Å². The summed E-state index contributed by atoms with van der Waals surface area (Å²) >= 11 is 5.96. The number of furan rings is 1. The van der Waals surface area contributed by atoms with E-state index in [1.807, 2.05) is 81.4 Å². The molecule has 4 aromatic carbocycles. The fraction of sp³-hybridized carbons (Fsp3) is 0.143. The summed E-state index contributed by atoms with van der Waals surface area (Å²) in [6.45, 7) is 6.18. The lowest BCUT2D eigenvalue weighted by Crippen LogP contribution is -2.21. The molecule has 0 spiro atoms. The van der Waals surface area contributed by atoms with Crippen LogP contribution in [0.3, 0.4) is 0 Å². The summed E-state index contributed by atoms with van der Waals surface area (Å²) in [7, 11) is 0. The van der Waals surface area contributed by atoms with Crippen LogP contribution in [0.4, 0.5) is 0 Å². The van der Waals surface area contributed by atoms with Crippen LogP contribution in [0.1, 0.15) is 49.9 Å². The Hall–Kier alpha value is -5.19. The molecule has 43 heavy (non-hydrogen) atoms. The maximum atomic E-state index is 13.2. The summed E-state index contributed by atoms with van der Waals surface area (Å²) < 4.78 is 23.4. The van der Waals surface area contributed by atoms with Crippen LogP contribution < -0.4 is 19.9 Å². The van der Waals surface area contributed by atoms with E-state index in [0.717, 1.165) is 27.6 Å². The number of nitriles is 1. The second kappa shape index (κ2) is 11.2. The maximum absolute atomic E-state index is 13.2. The van der Waals surface area contributed by atoms with E-state index in [4.69, 9.17) is 36.0 Å². The number of fused-ring (bicyclic) bond motifs is 2. The van der Waals surface area contributed by atoms with Gasteiger partial charge in [0.2, 0.25) is 11.6 Å². The molecule has 0 aliphatic carbocycles. The molecule has 1 atom stereocenters. The van der Waals surface area contributed by atoms with E-state index in [1.165, 1.54) is 0 Å². The number of nitrogens with two attached hydrogens (primary N) is 1. The van der Waals surface area contributed by atoms with Crippen molar-refractivity contribution in [3.8, 4) is 23.3 Å². The molecule has 6 rings (SSSR count). The summed E-state index contributed by atoms with van der Waals surface area (Å²) in [6, 6.07) is 26.1. The summed E-state index contributed by atoms with van der Waals surface area (Å²) in [5, 5.41) is 11.5. The van der Waals surface area contributed by atoms with Gasteiger partial charge in [-0.3, -0.25) is 0 Å². The van der Waals surface area contributed by atoms with Gasteiger partial charge in [-0.1, -0.05) is 54.1 Å². The van der Waals surface area contributed by atoms with Crippen LogP contribution in [0.5, 0.6) is 17.2 Å². The number of ether oxygens (including phenoxy) is 3. The van der Waals surface area contributed by atoms with Crippen LogP contribution in [0.25, 0.3) is 11.0 Å². The average molecular weight is 591 g/mol. The molecule has 2 N–H and O–H groups in total. The molecule has 214 valence electrons. The molecule has 0 radical (unpaired) electrons. The van der Waals surface area contributed by atoms with Crippen LogP contribution >= 0.6 is 11.6 Å². The monoisotopic (exact) mass is 590 g/mol. The van der Waals surface area contributed by atoms with E-state index in [9.17, 15) is 10.1 Å². The van der Waals surface area contributed by atoms with Gasteiger partial charge in [0.25, 0.3) is 0 Å². The number of hydrogen-bond acceptors (Lipinski definition) is 7. The molecule has 1 aliphatic rings. The molecule has 0 saturated heterocycles. The first-order valence-corrected chi connectivity index (χ1v) is 14.0. The number of benzene rings is 4. The minimum atomic E-state index is -0.617. The number of allylic oxidation sites excluding steroid dienone is 1. The van der Waals surface area contributed by atoms with Gasteiger partial charge in [0.15, 0.2) is 0 Å². The molecule has 2 heterocycles. The molecule has 8 heteroatoms. The lowest BCUT2D eigenvalue weighted by atomic mass is 9.83. The normalized spacial score (nSPS) is 14.2. The van der Waals surface area contributed by atoms with Gasteiger partial charge in [-0.05, 0) is 73.4 Å². The molecule has 5 aromatic rings. The Morgan fingerprint density at radius 1 is 0.953 bits per heavy atom. The van der Waals surface area contributed by atoms with Crippen molar-refractivity contribution in [2.45, 2.75) is 33.3 Å². The van der Waals surface area contributed by atoms with Gasteiger partial charge in [0.1, 0.15) is 41.1 Å². The SMILES string of the molecule is Cc1ccc2c(C)c(C(=O)Oc3ccc4c(c3)OC(N)=C(C#N)C4c3ccc(OCc4ccc(Cl)cc4)cc3)oc2c1C. The van der Waals surface area contributed by atoms with Gasteiger partial charge in [0, 0.05) is 27.6 Å². The summed E-state index contributed by atoms with van der Waals surface area (Å²) in [5.74, 6) is 0.364. The number of carbonyl (C=O) groups is 1. The lowest BCUT2D eigenvalue weighted by Gasteiger charge is -2.26. The molecule has 0 amide bonds. The second-order valence-corrected chi connectivity index (χ2v) is 10.9. The van der Waals surface area contributed by atoms with E-state index < -0.39 is 11.9 Å². The predicted molar refractivity (Wildman–Crippen MR) is 163 cm³/mol. The number of nitrogens with zero attached hydrogens (tertiary/aromatic N) is 1. The molecule has 1 aromatic heterocycles. The highest BCUT2D eigenvalue weighted by Gasteiger charge is 2.31. The first-order chi connectivity index (χ1) is 20.7. The summed E-state index contributed by atoms with van der Waals surface area (Å²) in [4.78, 5) is 13.2. The van der Waals surface area contributed by atoms with E-state index in [2.05, 4.69) is 6.07 Å². The molecule has 1 aliphatic heterocycles. The predicted octanol–water partition coefficient (Wildman–Crippen LogP) is 8.03. The molecular formula is C35H27ClN2O5. The Bertz CT molecular complexity index is 1950. The fourth-order valence-corrected chi connectivity index (χ4v) is 5.34. The zero-order valence-corrected chi connectivity index (χ0v) is 24.5. The van der Waals surface area contributed by atoms with E-state index >= 15 is 0 Å². The molecule has 7 nitrogen and oxygen atoms in total. The lowest BCUT2D eigenvalue weighted by molar-refractivity contribution is 0.0702. The highest BCUT2D eigenvalue weighted by Crippen LogP contribution is 2.44. The number of halogens is 1. The zero-order chi connectivity index (χ0) is 30.2. The van der Waals surface area contributed by atoms with Crippen molar-refractivity contribution in [3.63, 3.8) is 0 Å². The second-order valence-electron chi connectivity index (χ2n) is 10.4. The third kappa shape index (κ3) is 5.29. The van der Waals surface area contributed by atoms with Gasteiger partial charge < -0.3 is 24.4 Å². The third-order valence-electron chi connectivity index (χ3n) is 7.74. The third-order valence-corrected chi connectivity index (χ3v) is 8.00. The first kappa shape index (κ1) is 28.0. The number of hydrogen-bond donors (Lipinski definition) is 1. The maximum Gasteiger partial charge on any atom is 0.379 e. The Morgan fingerprint density at radius 3 is 2.40 bits per heavy atom. The number of aryl methyl sites for hydroxylation is 3. The fourth-order valence-electron chi connectivity index (χ4n) is 5.21. The Kier molecular flexibility index (Phi) is 7.31. The van der Waals surface area contributed by atoms with Gasteiger partial charge in [-0.2, -0.15) is 5.26 Å². The molecule has 0 saturated carbocycles. The quantitative estimate of drug-likeness (QED) is 0.157. The van der Waals surface area contributed by atoms with Crippen molar-refractivity contribution < 1.29 is 23.4 Å². The standard InChI is InChI=1S/C35H27ClN2O5/c1-19-4-14-27-21(3)33(43-32(27)20(19)2)35(39)41-26-13-15-28-30(16-26)42-34(38)29(17-37)31(28)23-7-11-25(12-8-23)40-18-22-5-9-24(36)10-6-22/h4-16,31H,18,38H2,1-3H3. The van der Waals surface area contributed by atoms with Crippen molar-refractivity contribution in [2.75, 3.05) is 0 Å². The van der Waals surface area contributed by atoms with E-state index in [0.29, 0.717) is 39.8 Å². The molecule has 1 unspecified atom stereocenters. The Balaban J connectivity index is 1.24. The average Bonchev–Trinajstić information content (AvgIpc) is 3.35. The van der Waals surface area contributed by atoms with Crippen LogP contribution in [-0.4, -0.2) is 5.97 Å². The Labute approximate surface area is 253 Å². The molecule has 0 fully saturated rings. The highest BCUT2D eigenvalue weighted by atomic mass is 35.5. The molecule has 0 bridgehead atoms. The smallest absolute Gasteiger partial charge is 0.379 e. The Morgan fingerprint density at radius 2 is 1.67 bits per heavy atom. The van der Waals surface area contributed by atoms with Crippen molar-refractivity contribution in [2.24, 2.45) is 5.73 Å². The first-order valence-electron chi connectivity index (χ1n) is 13.6. The van der Waals surface area contributed by atoms with E-state index in [1.54, 1.807) is 18.2 Å². The zero-order valence-electron chi connectivity index (χ0n) is 23.7.